The number of carbonyl (C=O) groups is 1. The molecule has 0 heterocycles. The van der Waals surface area contributed by atoms with Crippen LogP contribution < -0.4 is 10.1 Å². The van der Waals surface area contributed by atoms with E-state index in [2.05, 4.69) is 5.32 Å². The Morgan fingerprint density at radius 3 is 2.18 bits per heavy atom. The quantitative estimate of drug-likeness (QED) is 0.911. The number of halogens is 3. The molecule has 4 nitrogen and oxygen atoms in total. The van der Waals surface area contributed by atoms with Crippen LogP contribution in [0.15, 0.2) is 24.3 Å². The van der Waals surface area contributed by atoms with E-state index in [9.17, 15) is 18.0 Å². The van der Waals surface area contributed by atoms with Gasteiger partial charge in [-0.3, -0.25) is 0 Å². The van der Waals surface area contributed by atoms with E-state index in [1.807, 2.05) is 0 Å². The van der Waals surface area contributed by atoms with Gasteiger partial charge in [-0.1, -0.05) is 12.1 Å². The van der Waals surface area contributed by atoms with Crippen LogP contribution in [0, 0.1) is 0 Å². The number of alkyl halides is 3. The second-order valence-corrected chi connectivity index (χ2v) is 5.80. The zero-order chi connectivity index (χ0) is 17.0. The molecule has 1 amide bonds. The topological polar surface area (TPSA) is 47.6 Å². The minimum absolute atomic E-state index is 0.117. The molecule has 7 heteroatoms. The van der Waals surface area contributed by atoms with E-state index >= 15 is 0 Å². The molecule has 0 bridgehead atoms. The zero-order valence-corrected chi connectivity index (χ0v) is 13.0. The maximum atomic E-state index is 12.4. The predicted octanol–water partition coefficient (Wildman–Crippen LogP) is 4.04. The van der Waals surface area contributed by atoms with Gasteiger partial charge in [0.05, 0.1) is 0 Å². The van der Waals surface area contributed by atoms with Gasteiger partial charge < -0.3 is 14.8 Å². The van der Waals surface area contributed by atoms with Crippen LogP contribution in [-0.2, 0) is 11.3 Å². The first-order valence-corrected chi connectivity index (χ1v) is 6.76. The fourth-order valence-electron chi connectivity index (χ4n) is 1.45. The summed E-state index contributed by atoms with van der Waals surface area (Å²) in [6.07, 6.45) is -6.84. The highest BCUT2D eigenvalue weighted by molar-refractivity contribution is 5.67. The van der Waals surface area contributed by atoms with Crippen LogP contribution in [0.1, 0.15) is 33.3 Å². The van der Waals surface area contributed by atoms with Gasteiger partial charge in [-0.25, -0.2) is 4.79 Å². The predicted molar refractivity (Wildman–Crippen MR) is 75.7 cm³/mol. The molecular formula is C15H20F3NO3. The molecule has 0 aliphatic heterocycles. The Labute approximate surface area is 127 Å². The zero-order valence-electron chi connectivity index (χ0n) is 13.0. The van der Waals surface area contributed by atoms with E-state index in [4.69, 9.17) is 9.47 Å². The standard InChI is InChI=1S/C15H20F3NO3/c1-10(15(16,17)18)21-12-7-5-11(6-8-12)9-19-13(20)22-14(2,3)4/h5-8,10H,9H2,1-4H3,(H,19,20). The fourth-order valence-corrected chi connectivity index (χ4v) is 1.45. The third-order valence-corrected chi connectivity index (χ3v) is 2.53. The highest BCUT2D eigenvalue weighted by atomic mass is 19.4. The Morgan fingerprint density at radius 2 is 1.73 bits per heavy atom. The number of hydrogen-bond acceptors (Lipinski definition) is 3. The number of carbonyl (C=O) groups excluding carboxylic acids is 1. The molecule has 0 radical (unpaired) electrons. The summed E-state index contributed by atoms with van der Waals surface area (Å²) in [6.45, 7) is 6.41. The molecule has 0 aliphatic rings. The van der Waals surface area contributed by atoms with Crippen LogP contribution >= 0.6 is 0 Å². The Hall–Kier alpha value is -1.92. The number of hydrogen-bond donors (Lipinski definition) is 1. The van der Waals surface area contributed by atoms with Crippen LogP contribution in [0.5, 0.6) is 5.75 Å². The number of alkyl carbamates (subject to hydrolysis) is 1. The van der Waals surface area contributed by atoms with Gasteiger partial charge in [0, 0.05) is 6.54 Å². The van der Waals surface area contributed by atoms with Crippen LogP contribution in [0.3, 0.4) is 0 Å². The summed E-state index contributed by atoms with van der Waals surface area (Å²) in [6, 6.07) is 6.01. The van der Waals surface area contributed by atoms with Crippen LogP contribution in [0.4, 0.5) is 18.0 Å². The first-order chi connectivity index (χ1) is 9.97. The minimum atomic E-state index is -4.41. The number of amides is 1. The summed E-state index contributed by atoms with van der Waals surface area (Å²) >= 11 is 0. The van der Waals surface area contributed by atoms with Gasteiger partial charge in [0.1, 0.15) is 11.4 Å². The molecule has 124 valence electrons. The van der Waals surface area contributed by atoms with Gasteiger partial charge in [-0.15, -0.1) is 0 Å². The van der Waals surface area contributed by atoms with Gasteiger partial charge in [0.2, 0.25) is 0 Å². The molecule has 0 spiro atoms. The molecule has 1 aromatic carbocycles. The molecule has 22 heavy (non-hydrogen) atoms. The molecule has 1 N–H and O–H groups in total. The summed E-state index contributed by atoms with van der Waals surface area (Å²) in [5.74, 6) is 0.117. The Kier molecular flexibility index (Phi) is 5.68. The van der Waals surface area contributed by atoms with Crippen molar-refractivity contribution in [2.24, 2.45) is 0 Å². The molecule has 0 aliphatic carbocycles. The molecule has 1 rings (SSSR count). The number of ether oxygens (including phenoxy) is 2. The molecule has 1 atom stereocenters. The van der Waals surface area contributed by atoms with E-state index in [-0.39, 0.29) is 12.3 Å². The van der Waals surface area contributed by atoms with E-state index in [1.54, 1.807) is 32.9 Å². The second-order valence-electron chi connectivity index (χ2n) is 5.80. The van der Waals surface area contributed by atoms with Crippen LogP contribution in [-0.4, -0.2) is 24.0 Å². The van der Waals surface area contributed by atoms with Crippen molar-refractivity contribution in [2.75, 3.05) is 0 Å². The monoisotopic (exact) mass is 319 g/mol. The van der Waals surface area contributed by atoms with Crippen LogP contribution in [0.25, 0.3) is 0 Å². The van der Waals surface area contributed by atoms with Crippen LogP contribution in [0.2, 0.25) is 0 Å². The lowest BCUT2D eigenvalue weighted by Crippen LogP contribution is -2.32. The summed E-state index contributed by atoms with van der Waals surface area (Å²) in [5.41, 5.74) is 0.132. The molecule has 1 unspecified atom stereocenters. The van der Waals surface area contributed by atoms with E-state index in [0.717, 1.165) is 12.5 Å². The van der Waals surface area contributed by atoms with Crippen molar-refractivity contribution in [2.45, 2.75) is 52.1 Å². The molecule has 0 aromatic heterocycles. The van der Waals surface area contributed by atoms with E-state index < -0.39 is 24.0 Å². The average molecular weight is 319 g/mol. The Morgan fingerprint density at radius 1 is 1.18 bits per heavy atom. The maximum Gasteiger partial charge on any atom is 0.425 e. The van der Waals surface area contributed by atoms with Crippen molar-refractivity contribution in [1.82, 2.24) is 5.32 Å². The molecule has 0 saturated heterocycles. The lowest BCUT2D eigenvalue weighted by Gasteiger charge is -2.20. The largest absolute Gasteiger partial charge is 0.481 e. The van der Waals surface area contributed by atoms with Gasteiger partial charge in [-0.2, -0.15) is 13.2 Å². The molecular weight excluding hydrogens is 299 g/mol. The van der Waals surface area contributed by atoms with Crippen molar-refractivity contribution < 1.29 is 27.4 Å². The first-order valence-electron chi connectivity index (χ1n) is 6.76. The third-order valence-electron chi connectivity index (χ3n) is 2.53. The summed E-state index contributed by atoms with van der Waals surface area (Å²) in [5, 5.41) is 2.56. The smallest absolute Gasteiger partial charge is 0.425 e. The first kappa shape index (κ1) is 18.1. The van der Waals surface area contributed by atoms with E-state index in [1.165, 1.54) is 12.1 Å². The Balaban J connectivity index is 2.50. The fraction of sp³-hybridized carbons (Fsp3) is 0.533. The lowest BCUT2D eigenvalue weighted by molar-refractivity contribution is -0.189. The minimum Gasteiger partial charge on any atom is -0.481 e. The summed E-state index contributed by atoms with van der Waals surface area (Å²) in [4.78, 5) is 11.5. The van der Waals surface area contributed by atoms with E-state index in [0.29, 0.717) is 0 Å². The third kappa shape index (κ3) is 6.69. The maximum absolute atomic E-state index is 12.4. The number of nitrogens with one attached hydrogen (secondary N) is 1. The van der Waals surface area contributed by atoms with Gasteiger partial charge in [-0.05, 0) is 45.4 Å². The Bertz CT molecular complexity index is 492. The summed E-state index contributed by atoms with van der Waals surface area (Å²) in [7, 11) is 0. The molecule has 1 aromatic rings. The molecule has 0 fully saturated rings. The molecule has 0 saturated carbocycles. The van der Waals surface area contributed by atoms with Crippen molar-refractivity contribution >= 4 is 6.09 Å². The average Bonchev–Trinajstić information content (AvgIpc) is 2.34. The van der Waals surface area contributed by atoms with Gasteiger partial charge in [0.25, 0.3) is 0 Å². The van der Waals surface area contributed by atoms with Crippen molar-refractivity contribution in [3.63, 3.8) is 0 Å². The normalized spacial score (nSPS) is 13.4. The highest BCUT2D eigenvalue weighted by Gasteiger charge is 2.37. The number of benzene rings is 1. The van der Waals surface area contributed by atoms with Crippen molar-refractivity contribution in [1.29, 1.82) is 0 Å². The van der Waals surface area contributed by atoms with Crippen molar-refractivity contribution in [3.05, 3.63) is 29.8 Å². The highest BCUT2D eigenvalue weighted by Crippen LogP contribution is 2.25. The van der Waals surface area contributed by atoms with Gasteiger partial charge >= 0.3 is 12.3 Å². The van der Waals surface area contributed by atoms with Gasteiger partial charge in [0.15, 0.2) is 6.10 Å². The SMILES string of the molecule is CC(Oc1ccc(CNC(=O)OC(C)(C)C)cc1)C(F)(F)F. The summed E-state index contributed by atoms with van der Waals surface area (Å²) < 4.78 is 47.0. The second kappa shape index (κ2) is 6.89. The lowest BCUT2D eigenvalue weighted by atomic mass is 10.2. The number of rotatable bonds is 4. The van der Waals surface area contributed by atoms with Crippen molar-refractivity contribution in [3.8, 4) is 5.75 Å².